The van der Waals surface area contributed by atoms with E-state index < -0.39 is 10.0 Å². The standard InChI is InChI=1S/C13H15N3O3S/c1-19-12-3-2-4-13(7-12)20(17,18)16-8-11(9-16)15-6-5-14-10-15/h2-7,10-11H,8-9H2,1H3. The minimum absolute atomic E-state index is 0.165. The number of methoxy groups -OCH3 is 1. The van der Waals surface area contributed by atoms with Crippen molar-refractivity contribution >= 4 is 10.0 Å². The lowest BCUT2D eigenvalue weighted by molar-refractivity contribution is 0.204. The van der Waals surface area contributed by atoms with Crippen molar-refractivity contribution < 1.29 is 13.2 Å². The van der Waals surface area contributed by atoms with Crippen molar-refractivity contribution in [3.63, 3.8) is 0 Å². The van der Waals surface area contributed by atoms with Crippen LogP contribution in [0.2, 0.25) is 0 Å². The molecule has 7 heteroatoms. The second-order valence-electron chi connectivity index (χ2n) is 4.66. The zero-order valence-electron chi connectivity index (χ0n) is 11.0. The van der Waals surface area contributed by atoms with Gasteiger partial charge in [-0.1, -0.05) is 6.07 Å². The molecule has 1 aliphatic heterocycles. The molecule has 2 heterocycles. The molecule has 0 unspecified atom stereocenters. The van der Waals surface area contributed by atoms with Gasteiger partial charge in [0.15, 0.2) is 0 Å². The van der Waals surface area contributed by atoms with Crippen LogP contribution in [0, 0.1) is 0 Å². The molecule has 0 saturated carbocycles. The van der Waals surface area contributed by atoms with Crippen molar-refractivity contribution in [3.8, 4) is 5.75 Å². The molecule has 1 aromatic heterocycles. The van der Waals surface area contributed by atoms with E-state index in [1.165, 1.54) is 11.4 Å². The smallest absolute Gasteiger partial charge is 0.243 e. The van der Waals surface area contributed by atoms with Gasteiger partial charge in [-0.05, 0) is 12.1 Å². The lowest BCUT2D eigenvalue weighted by Gasteiger charge is -2.38. The molecule has 106 valence electrons. The molecule has 0 radical (unpaired) electrons. The average Bonchev–Trinajstić information content (AvgIpc) is 2.90. The molecule has 3 rings (SSSR count). The Morgan fingerprint density at radius 1 is 1.35 bits per heavy atom. The monoisotopic (exact) mass is 293 g/mol. The van der Waals surface area contributed by atoms with Crippen LogP contribution in [0.25, 0.3) is 0 Å². The maximum Gasteiger partial charge on any atom is 0.243 e. The van der Waals surface area contributed by atoms with Crippen LogP contribution < -0.4 is 4.74 Å². The van der Waals surface area contributed by atoms with Gasteiger partial charge in [-0.3, -0.25) is 0 Å². The maximum absolute atomic E-state index is 12.4. The molecule has 1 aromatic carbocycles. The van der Waals surface area contributed by atoms with E-state index in [1.807, 2.05) is 10.8 Å². The topological polar surface area (TPSA) is 64.4 Å². The minimum Gasteiger partial charge on any atom is -0.497 e. The van der Waals surface area contributed by atoms with E-state index >= 15 is 0 Å². The Kier molecular flexibility index (Phi) is 3.23. The highest BCUT2D eigenvalue weighted by atomic mass is 32.2. The molecular formula is C13H15N3O3S. The first-order valence-corrected chi connectivity index (χ1v) is 7.67. The van der Waals surface area contributed by atoms with Crippen LogP contribution in [0.4, 0.5) is 0 Å². The van der Waals surface area contributed by atoms with Crippen LogP contribution >= 0.6 is 0 Å². The van der Waals surface area contributed by atoms with Crippen LogP contribution in [0.3, 0.4) is 0 Å². The summed E-state index contributed by atoms with van der Waals surface area (Å²) in [6.45, 7) is 0.936. The molecule has 1 fully saturated rings. The van der Waals surface area contributed by atoms with Crippen molar-refractivity contribution in [2.75, 3.05) is 20.2 Å². The van der Waals surface area contributed by atoms with Crippen molar-refractivity contribution in [3.05, 3.63) is 43.0 Å². The summed E-state index contributed by atoms with van der Waals surface area (Å²) in [4.78, 5) is 4.24. The number of hydrogen-bond acceptors (Lipinski definition) is 4. The number of rotatable bonds is 4. The fourth-order valence-electron chi connectivity index (χ4n) is 2.20. The predicted molar refractivity (Wildman–Crippen MR) is 73.0 cm³/mol. The minimum atomic E-state index is -3.44. The molecule has 1 saturated heterocycles. The summed E-state index contributed by atoms with van der Waals surface area (Å²) in [6, 6.07) is 6.70. The van der Waals surface area contributed by atoms with E-state index in [0.29, 0.717) is 18.8 Å². The first kappa shape index (κ1) is 13.1. The molecule has 0 bridgehead atoms. The number of sulfonamides is 1. The van der Waals surface area contributed by atoms with Gasteiger partial charge in [0.2, 0.25) is 10.0 Å². The Morgan fingerprint density at radius 3 is 2.80 bits per heavy atom. The van der Waals surface area contributed by atoms with E-state index in [4.69, 9.17) is 4.74 Å². The van der Waals surface area contributed by atoms with E-state index in [2.05, 4.69) is 4.98 Å². The maximum atomic E-state index is 12.4. The Morgan fingerprint density at radius 2 is 2.15 bits per heavy atom. The first-order chi connectivity index (χ1) is 9.61. The Bertz CT molecular complexity index is 691. The highest BCUT2D eigenvalue weighted by Gasteiger charge is 2.37. The Balaban J connectivity index is 1.77. The van der Waals surface area contributed by atoms with Crippen molar-refractivity contribution in [2.24, 2.45) is 0 Å². The third-order valence-corrected chi connectivity index (χ3v) is 5.28. The van der Waals surface area contributed by atoms with Crippen molar-refractivity contribution in [1.82, 2.24) is 13.9 Å². The van der Waals surface area contributed by atoms with Gasteiger partial charge in [-0.25, -0.2) is 13.4 Å². The van der Waals surface area contributed by atoms with Gasteiger partial charge in [-0.2, -0.15) is 4.31 Å². The molecule has 20 heavy (non-hydrogen) atoms. The lowest BCUT2D eigenvalue weighted by atomic mass is 10.2. The zero-order chi connectivity index (χ0) is 14.2. The van der Waals surface area contributed by atoms with Crippen LogP contribution in [-0.4, -0.2) is 42.5 Å². The van der Waals surface area contributed by atoms with Crippen LogP contribution in [0.1, 0.15) is 6.04 Å². The molecule has 0 spiro atoms. The van der Waals surface area contributed by atoms with E-state index in [9.17, 15) is 8.42 Å². The highest BCUT2D eigenvalue weighted by Crippen LogP contribution is 2.29. The summed E-state index contributed by atoms with van der Waals surface area (Å²) in [6.07, 6.45) is 5.25. The van der Waals surface area contributed by atoms with Gasteiger partial charge in [0.1, 0.15) is 5.75 Å². The summed E-state index contributed by atoms with van der Waals surface area (Å²) < 4.78 is 33.3. The highest BCUT2D eigenvalue weighted by molar-refractivity contribution is 7.89. The molecule has 0 N–H and O–H groups in total. The number of nitrogens with zero attached hydrogens (tertiary/aromatic N) is 3. The number of ether oxygens (including phenoxy) is 1. The van der Waals surface area contributed by atoms with Gasteiger partial charge in [-0.15, -0.1) is 0 Å². The second kappa shape index (κ2) is 4.92. The van der Waals surface area contributed by atoms with Gasteiger partial charge in [0, 0.05) is 31.5 Å². The summed E-state index contributed by atoms with van der Waals surface area (Å²) >= 11 is 0. The number of imidazole rings is 1. The van der Waals surface area contributed by atoms with Crippen LogP contribution in [0.5, 0.6) is 5.75 Å². The quantitative estimate of drug-likeness (QED) is 0.848. The molecular weight excluding hydrogens is 278 g/mol. The largest absolute Gasteiger partial charge is 0.497 e. The normalized spacial score (nSPS) is 16.9. The van der Waals surface area contributed by atoms with Gasteiger partial charge >= 0.3 is 0 Å². The van der Waals surface area contributed by atoms with E-state index in [0.717, 1.165) is 0 Å². The summed E-state index contributed by atoms with van der Waals surface area (Å²) in [5.41, 5.74) is 0. The summed E-state index contributed by atoms with van der Waals surface area (Å²) in [5, 5.41) is 0. The third-order valence-electron chi connectivity index (χ3n) is 3.45. The van der Waals surface area contributed by atoms with Gasteiger partial charge in [0.25, 0.3) is 0 Å². The van der Waals surface area contributed by atoms with Crippen molar-refractivity contribution in [1.29, 1.82) is 0 Å². The van der Waals surface area contributed by atoms with Crippen molar-refractivity contribution in [2.45, 2.75) is 10.9 Å². The third kappa shape index (κ3) is 2.19. The van der Waals surface area contributed by atoms with E-state index in [1.54, 1.807) is 36.8 Å². The number of benzene rings is 1. The Hall–Kier alpha value is -1.86. The molecule has 0 amide bonds. The summed E-state index contributed by atoms with van der Waals surface area (Å²) in [5.74, 6) is 0.540. The first-order valence-electron chi connectivity index (χ1n) is 6.23. The molecule has 0 atom stereocenters. The van der Waals surface area contributed by atoms with Gasteiger partial charge in [0.05, 0.1) is 24.4 Å². The molecule has 2 aromatic rings. The molecule has 0 aliphatic carbocycles. The predicted octanol–water partition coefficient (Wildman–Crippen LogP) is 1.14. The summed E-state index contributed by atoms with van der Waals surface area (Å²) in [7, 11) is -1.92. The number of hydrogen-bond donors (Lipinski definition) is 0. The SMILES string of the molecule is COc1cccc(S(=O)(=O)N2CC(n3ccnc3)C2)c1. The lowest BCUT2D eigenvalue weighted by Crippen LogP contribution is -2.50. The molecule has 1 aliphatic rings. The average molecular weight is 293 g/mol. The van der Waals surface area contributed by atoms with Crippen LogP contribution in [-0.2, 0) is 10.0 Å². The molecule has 6 nitrogen and oxygen atoms in total. The van der Waals surface area contributed by atoms with Crippen LogP contribution in [0.15, 0.2) is 47.9 Å². The second-order valence-corrected chi connectivity index (χ2v) is 6.60. The number of aromatic nitrogens is 2. The van der Waals surface area contributed by atoms with E-state index in [-0.39, 0.29) is 10.9 Å². The van der Waals surface area contributed by atoms with Gasteiger partial charge < -0.3 is 9.30 Å². The Labute approximate surface area is 117 Å². The fourth-order valence-corrected chi connectivity index (χ4v) is 3.75. The zero-order valence-corrected chi connectivity index (χ0v) is 11.8. The fraction of sp³-hybridized carbons (Fsp3) is 0.308.